The minimum Gasteiger partial charge on any atom is -0.356 e. The maximum atomic E-state index is 6.22. The highest BCUT2D eigenvalue weighted by molar-refractivity contribution is 14.0. The first-order valence-corrected chi connectivity index (χ1v) is 9.72. The molecule has 9 heteroatoms. The number of aryl methyl sites for hydroxylation is 1. The lowest BCUT2D eigenvalue weighted by molar-refractivity contribution is 0.631. The Kier molecular flexibility index (Phi) is 11.7. The third-order valence-corrected chi connectivity index (χ3v) is 4.44. The van der Waals surface area contributed by atoms with Crippen LogP contribution in [0.2, 0.25) is 10.0 Å². The summed E-state index contributed by atoms with van der Waals surface area (Å²) in [4.78, 5) is 4.57. The molecule has 0 amide bonds. The number of guanidine groups is 1. The zero-order chi connectivity index (χ0) is 18.8. The van der Waals surface area contributed by atoms with Crippen LogP contribution in [0.3, 0.4) is 0 Å². The molecule has 0 bridgehead atoms. The van der Waals surface area contributed by atoms with Gasteiger partial charge in [-0.3, -0.25) is 4.99 Å². The number of aromatic nitrogens is 3. The van der Waals surface area contributed by atoms with Gasteiger partial charge in [0.2, 0.25) is 0 Å². The Morgan fingerprint density at radius 3 is 2.67 bits per heavy atom. The summed E-state index contributed by atoms with van der Waals surface area (Å²) < 4.78 is 2.05. The van der Waals surface area contributed by atoms with E-state index < -0.39 is 0 Å². The summed E-state index contributed by atoms with van der Waals surface area (Å²) in [5, 5.41) is 16.1. The molecule has 0 unspecified atom stereocenters. The second kappa shape index (κ2) is 13.2. The minimum atomic E-state index is 0. The third-order valence-electron chi connectivity index (χ3n) is 3.85. The van der Waals surface area contributed by atoms with Crippen molar-refractivity contribution in [3.05, 3.63) is 46.0 Å². The lowest BCUT2D eigenvalue weighted by Gasteiger charge is -2.14. The summed E-state index contributed by atoms with van der Waals surface area (Å²) in [6.07, 6.45) is 4.44. The van der Waals surface area contributed by atoms with Crippen LogP contribution in [0.25, 0.3) is 0 Å². The first-order chi connectivity index (χ1) is 12.6. The molecule has 0 aliphatic heterocycles. The average Bonchev–Trinajstić information content (AvgIpc) is 3.08. The van der Waals surface area contributed by atoms with Crippen LogP contribution in [0.15, 0.2) is 29.5 Å². The van der Waals surface area contributed by atoms with Crippen molar-refractivity contribution < 1.29 is 0 Å². The fourth-order valence-electron chi connectivity index (χ4n) is 2.47. The number of hydrogen-bond acceptors (Lipinski definition) is 3. The summed E-state index contributed by atoms with van der Waals surface area (Å²) >= 11 is 12.2. The van der Waals surface area contributed by atoms with Gasteiger partial charge in [-0.1, -0.05) is 43.1 Å². The molecule has 27 heavy (non-hydrogen) atoms. The van der Waals surface area contributed by atoms with Crippen molar-refractivity contribution in [2.45, 2.75) is 39.7 Å². The van der Waals surface area contributed by atoms with Gasteiger partial charge in [0.25, 0.3) is 0 Å². The normalized spacial score (nSPS) is 11.2. The summed E-state index contributed by atoms with van der Waals surface area (Å²) in [5.74, 6) is 1.80. The number of nitrogens with one attached hydrogen (secondary N) is 2. The predicted molar refractivity (Wildman–Crippen MR) is 124 cm³/mol. The van der Waals surface area contributed by atoms with E-state index in [1.807, 2.05) is 12.1 Å². The van der Waals surface area contributed by atoms with Crippen molar-refractivity contribution >= 4 is 53.1 Å². The van der Waals surface area contributed by atoms with Crippen molar-refractivity contribution in [1.29, 1.82) is 0 Å². The van der Waals surface area contributed by atoms with Gasteiger partial charge < -0.3 is 15.2 Å². The number of rotatable bonds is 9. The Bertz CT molecular complexity index is 720. The Morgan fingerprint density at radius 2 is 1.96 bits per heavy atom. The van der Waals surface area contributed by atoms with Crippen LogP contribution in [0.4, 0.5) is 0 Å². The van der Waals surface area contributed by atoms with Crippen LogP contribution in [0, 0.1) is 0 Å². The molecule has 0 atom stereocenters. The van der Waals surface area contributed by atoms with E-state index in [-0.39, 0.29) is 24.0 Å². The van der Waals surface area contributed by atoms with Crippen LogP contribution in [0.5, 0.6) is 0 Å². The predicted octanol–water partition coefficient (Wildman–Crippen LogP) is 3.95. The van der Waals surface area contributed by atoms with Gasteiger partial charge in [-0.15, -0.1) is 34.2 Å². The number of aliphatic imine (C=N–C) groups is 1. The second-order valence-electron chi connectivity index (χ2n) is 5.86. The molecule has 0 saturated carbocycles. The molecule has 2 aromatic rings. The summed E-state index contributed by atoms with van der Waals surface area (Å²) in [6.45, 7) is 7.26. The Balaban J connectivity index is 0.00000364. The van der Waals surface area contributed by atoms with Gasteiger partial charge in [-0.2, -0.15) is 0 Å². The quantitative estimate of drug-likeness (QED) is 0.296. The van der Waals surface area contributed by atoms with Crippen molar-refractivity contribution in [1.82, 2.24) is 25.4 Å². The highest BCUT2D eigenvalue weighted by Gasteiger charge is 2.04. The Morgan fingerprint density at radius 1 is 1.19 bits per heavy atom. The number of halogens is 3. The fraction of sp³-hybridized carbons (Fsp3) is 0.500. The van der Waals surface area contributed by atoms with Gasteiger partial charge in [-0.25, -0.2) is 0 Å². The Labute approximate surface area is 188 Å². The van der Waals surface area contributed by atoms with Crippen LogP contribution in [-0.4, -0.2) is 40.4 Å². The topological polar surface area (TPSA) is 67.1 Å². The monoisotopic (exact) mass is 524 g/mol. The molecule has 0 fully saturated rings. The number of benzene rings is 1. The maximum absolute atomic E-state index is 6.22. The van der Waals surface area contributed by atoms with Crippen molar-refractivity contribution in [3.63, 3.8) is 0 Å². The standard InChI is InChI=1S/C18H26Cl2N6.HI/c1-3-8-21-18(23-10-11-26-13-24-25-17(26)4-2)22-9-7-14-5-6-15(19)12-16(14)20;/h5-6,12-13H,3-4,7-11H2,1-2H3,(H2,21,22,23);1H. The van der Waals surface area contributed by atoms with E-state index in [2.05, 4.69) is 44.2 Å². The second-order valence-corrected chi connectivity index (χ2v) is 6.71. The van der Waals surface area contributed by atoms with Crippen LogP contribution < -0.4 is 10.6 Å². The van der Waals surface area contributed by atoms with Crippen LogP contribution in [0.1, 0.15) is 31.7 Å². The van der Waals surface area contributed by atoms with Gasteiger partial charge in [0, 0.05) is 42.6 Å². The van der Waals surface area contributed by atoms with E-state index in [0.717, 1.165) is 62.8 Å². The third kappa shape index (κ3) is 8.23. The van der Waals surface area contributed by atoms with Gasteiger partial charge in [0.1, 0.15) is 12.2 Å². The molecule has 0 aliphatic carbocycles. The molecule has 0 spiro atoms. The largest absolute Gasteiger partial charge is 0.356 e. The molecule has 1 heterocycles. The number of hydrogen-bond donors (Lipinski definition) is 2. The summed E-state index contributed by atoms with van der Waals surface area (Å²) in [5.41, 5.74) is 1.07. The molecule has 150 valence electrons. The smallest absolute Gasteiger partial charge is 0.191 e. The molecule has 1 aromatic carbocycles. The van der Waals surface area contributed by atoms with Gasteiger partial charge >= 0.3 is 0 Å². The van der Waals surface area contributed by atoms with Gasteiger partial charge in [0.15, 0.2) is 5.96 Å². The first-order valence-electron chi connectivity index (χ1n) is 8.96. The van der Waals surface area contributed by atoms with Crippen LogP contribution >= 0.6 is 47.2 Å². The molecule has 6 nitrogen and oxygen atoms in total. The molecular formula is C18H27Cl2IN6. The SMILES string of the molecule is CCCN=C(NCCc1ccc(Cl)cc1Cl)NCCn1cnnc1CC.I. The summed E-state index contributed by atoms with van der Waals surface area (Å²) in [7, 11) is 0. The molecule has 1 aromatic heterocycles. The van der Waals surface area contributed by atoms with E-state index in [0.29, 0.717) is 10.0 Å². The zero-order valence-electron chi connectivity index (χ0n) is 15.7. The van der Waals surface area contributed by atoms with Gasteiger partial charge in [0.05, 0.1) is 0 Å². The molecule has 0 aliphatic rings. The zero-order valence-corrected chi connectivity index (χ0v) is 19.6. The van der Waals surface area contributed by atoms with E-state index in [1.165, 1.54) is 0 Å². The van der Waals surface area contributed by atoms with E-state index in [9.17, 15) is 0 Å². The number of nitrogens with zero attached hydrogens (tertiary/aromatic N) is 4. The lowest BCUT2D eigenvalue weighted by Crippen LogP contribution is -2.40. The van der Waals surface area contributed by atoms with Crippen molar-refractivity contribution in [2.24, 2.45) is 4.99 Å². The van der Waals surface area contributed by atoms with E-state index in [1.54, 1.807) is 12.4 Å². The van der Waals surface area contributed by atoms with Crippen molar-refractivity contribution in [3.8, 4) is 0 Å². The molecular weight excluding hydrogens is 498 g/mol. The fourth-order valence-corrected chi connectivity index (χ4v) is 2.98. The highest BCUT2D eigenvalue weighted by atomic mass is 127. The maximum Gasteiger partial charge on any atom is 0.191 e. The van der Waals surface area contributed by atoms with Crippen molar-refractivity contribution in [2.75, 3.05) is 19.6 Å². The molecule has 0 radical (unpaired) electrons. The highest BCUT2D eigenvalue weighted by Crippen LogP contribution is 2.20. The van der Waals surface area contributed by atoms with E-state index in [4.69, 9.17) is 23.2 Å². The van der Waals surface area contributed by atoms with Gasteiger partial charge in [-0.05, 0) is 30.5 Å². The first kappa shape index (κ1) is 24.0. The Hall–Kier alpha value is -1.06. The average molecular weight is 525 g/mol. The molecule has 0 saturated heterocycles. The molecule has 2 rings (SSSR count). The lowest BCUT2D eigenvalue weighted by atomic mass is 10.1. The summed E-state index contributed by atoms with van der Waals surface area (Å²) in [6, 6.07) is 5.59. The minimum absolute atomic E-state index is 0. The van der Waals surface area contributed by atoms with E-state index >= 15 is 0 Å². The molecule has 2 N–H and O–H groups in total. The van der Waals surface area contributed by atoms with Crippen LogP contribution in [-0.2, 0) is 19.4 Å².